The summed E-state index contributed by atoms with van der Waals surface area (Å²) in [6.07, 6.45) is -5.59. The van der Waals surface area contributed by atoms with Crippen molar-refractivity contribution in [1.29, 1.82) is 0 Å². The average molecular weight is 574 g/mol. The summed E-state index contributed by atoms with van der Waals surface area (Å²) in [6, 6.07) is 8.67. The Hall–Kier alpha value is -1.81. The Labute approximate surface area is 201 Å². The molecule has 2 aromatic rings. The molecule has 200 valence electrons. The lowest BCUT2D eigenvalue weighted by atomic mass is 10.0. The highest BCUT2D eigenvalue weighted by Gasteiger charge is 2.47. The van der Waals surface area contributed by atoms with Crippen molar-refractivity contribution in [2.24, 2.45) is 0 Å². The third kappa shape index (κ3) is 7.60. The van der Waals surface area contributed by atoms with E-state index in [0.29, 0.717) is 5.56 Å². The summed E-state index contributed by atoms with van der Waals surface area (Å²) >= 11 is 0. The molecule has 6 atom stereocenters. The SMILES string of the molecule is O=c1[nH]c(=O)n(Cc2ccccc2)cc1[C@@H]1O[C@H](COP(=O)(O)OP(=O)(O)OP(=O)(O)O)[C@@H](O)[C@H]1O. The Morgan fingerprint density at radius 1 is 0.944 bits per heavy atom. The van der Waals surface area contributed by atoms with Crippen molar-refractivity contribution in [2.45, 2.75) is 31.0 Å². The third-order valence-corrected chi connectivity index (χ3v) is 8.52. The second kappa shape index (κ2) is 10.9. The van der Waals surface area contributed by atoms with E-state index >= 15 is 0 Å². The molecule has 0 spiro atoms. The van der Waals surface area contributed by atoms with Gasteiger partial charge in [-0.1, -0.05) is 30.3 Å². The molecule has 17 nitrogen and oxygen atoms in total. The van der Waals surface area contributed by atoms with Crippen LogP contribution in [-0.2, 0) is 38.1 Å². The summed E-state index contributed by atoms with van der Waals surface area (Å²) in [5, 5.41) is 20.6. The van der Waals surface area contributed by atoms with Crippen LogP contribution in [0, 0.1) is 0 Å². The molecule has 0 radical (unpaired) electrons. The van der Waals surface area contributed by atoms with E-state index in [2.05, 4.69) is 18.1 Å². The van der Waals surface area contributed by atoms with Crippen LogP contribution in [0.2, 0.25) is 0 Å². The van der Waals surface area contributed by atoms with Gasteiger partial charge in [-0.3, -0.25) is 18.9 Å². The number of hydrogen-bond acceptors (Lipinski definition) is 11. The summed E-state index contributed by atoms with van der Waals surface area (Å²) in [7, 11) is -16.9. The third-order valence-electron chi connectivity index (χ3n) is 4.72. The van der Waals surface area contributed by atoms with Crippen LogP contribution in [0.15, 0.2) is 46.1 Å². The molecule has 1 aliphatic heterocycles. The van der Waals surface area contributed by atoms with Crippen LogP contribution in [0.5, 0.6) is 0 Å². The van der Waals surface area contributed by atoms with Crippen molar-refractivity contribution < 1.29 is 61.4 Å². The first-order valence-corrected chi connectivity index (χ1v) is 14.3. The Morgan fingerprint density at radius 3 is 2.19 bits per heavy atom. The maximum atomic E-state index is 12.4. The van der Waals surface area contributed by atoms with E-state index in [9.17, 15) is 38.4 Å². The number of phosphoric acid groups is 3. The number of hydrogen-bond donors (Lipinski definition) is 7. The number of aliphatic hydroxyl groups is 2. The van der Waals surface area contributed by atoms with Crippen molar-refractivity contribution >= 4 is 23.5 Å². The molecule has 3 rings (SSSR count). The monoisotopic (exact) mass is 574 g/mol. The van der Waals surface area contributed by atoms with Gasteiger partial charge >= 0.3 is 29.2 Å². The number of nitrogens with zero attached hydrogens (tertiary/aromatic N) is 1. The molecule has 20 heteroatoms. The number of ether oxygens (including phenoxy) is 1. The zero-order chi connectivity index (χ0) is 26.9. The van der Waals surface area contributed by atoms with Crippen molar-refractivity contribution in [1.82, 2.24) is 9.55 Å². The van der Waals surface area contributed by atoms with Crippen LogP contribution in [0.4, 0.5) is 0 Å². The van der Waals surface area contributed by atoms with Crippen LogP contribution in [-0.4, -0.2) is 64.3 Å². The molecule has 2 heterocycles. The van der Waals surface area contributed by atoms with E-state index < -0.39 is 65.7 Å². The van der Waals surface area contributed by atoms with E-state index in [1.54, 1.807) is 30.3 Å². The summed E-state index contributed by atoms with van der Waals surface area (Å²) < 4.78 is 52.0. The van der Waals surface area contributed by atoms with Crippen LogP contribution >= 0.6 is 23.5 Å². The van der Waals surface area contributed by atoms with E-state index in [-0.39, 0.29) is 12.1 Å². The van der Waals surface area contributed by atoms with Crippen molar-refractivity contribution in [2.75, 3.05) is 6.61 Å². The molecule has 2 unspecified atom stereocenters. The average Bonchev–Trinajstić information content (AvgIpc) is 3.01. The molecule has 0 saturated carbocycles. The van der Waals surface area contributed by atoms with Gasteiger partial charge in [0.05, 0.1) is 18.7 Å². The number of aromatic amines is 1. The fourth-order valence-corrected chi connectivity index (χ4v) is 6.27. The van der Waals surface area contributed by atoms with Crippen molar-refractivity contribution in [3.63, 3.8) is 0 Å². The normalized spacial score (nSPS) is 25.8. The van der Waals surface area contributed by atoms with Gasteiger partial charge in [0.25, 0.3) is 5.56 Å². The number of nitrogens with one attached hydrogen (secondary N) is 1. The predicted molar refractivity (Wildman–Crippen MR) is 116 cm³/mol. The number of aromatic nitrogens is 2. The lowest BCUT2D eigenvalue weighted by Crippen LogP contribution is -2.36. The molecule has 1 aromatic heterocycles. The van der Waals surface area contributed by atoms with Gasteiger partial charge in [-0.2, -0.15) is 8.62 Å². The molecule has 36 heavy (non-hydrogen) atoms. The Morgan fingerprint density at radius 2 is 1.58 bits per heavy atom. The molecule has 1 aliphatic rings. The van der Waals surface area contributed by atoms with Crippen LogP contribution in [0.3, 0.4) is 0 Å². The Kier molecular flexibility index (Phi) is 8.70. The van der Waals surface area contributed by atoms with E-state index in [0.717, 1.165) is 10.8 Å². The van der Waals surface area contributed by atoms with Gasteiger partial charge in [-0.15, -0.1) is 0 Å². The molecule has 1 saturated heterocycles. The van der Waals surface area contributed by atoms with E-state index in [1.165, 1.54) is 0 Å². The van der Waals surface area contributed by atoms with E-state index in [1.807, 2.05) is 0 Å². The van der Waals surface area contributed by atoms with Gasteiger partial charge in [0, 0.05) is 6.20 Å². The number of phosphoric ester groups is 1. The van der Waals surface area contributed by atoms with Crippen LogP contribution in [0.25, 0.3) is 0 Å². The lowest BCUT2D eigenvalue weighted by Gasteiger charge is -2.19. The zero-order valence-corrected chi connectivity index (χ0v) is 20.5. The highest BCUT2D eigenvalue weighted by molar-refractivity contribution is 7.66. The summed E-state index contributed by atoms with van der Waals surface area (Å²) in [5.41, 5.74) is -1.25. The molecule has 7 N–H and O–H groups in total. The second-order valence-corrected chi connectivity index (χ2v) is 11.8. The van der Waals surface area contributed by atoms with Crippen LogP contribution < -0.4 is 11.2 Å². The Bertz CT molecular complexity index is 1340. The number of H-pyrrole nitrogens is 1. The summed E-state index contributed by atoms with van der Waals surface area (Å²) in [4.78, 5) is 62.4. The molecule has 1 fully saturated rings. The van der Waals surface area contributed by atoms with Crippen molar-refractivity contribution in [3.8, 4) is 0 Å². The quantitative estimate of drug-likeness (QED) is 0.169. The first kappa shape index (κ1) is 28.8. The smallest absolute Gasteiger partial charge is 0.387 e. The molecule has 0 amide bonds. The minimum atomic E-state index is -5.76. The minimum absolute atomic E-state index is 0.0459. The maximum Gasteiger partial charge on any atom is 0.490 e. The standard InChI is InChI=1S/C16H21N2O15P3/c19-12-11(8-30-35(26,27)33-36(28,29)32-34(23,24)25)31-14(13(12)20)10-7-18(16(22)17-15(10)21)6-9-4-2-1-3-5-9/h1-5,7,11-14,19-20H,6,8H2,(H,26,27)(H,28,29)(H,17,21,22)(H2,23,24,25)/t11-,12-,13-,14+/m1/s1. The molecule has 1 aromatic carbocycles. The summed E-state index contributed by atoms with van der Waals surface area (Å²) in [6.45, 7) is -1.01. The number of aliphatic hydroxyl groups excluding tert-OH is 2. The predicted octanol–water partition coefficient (Wildman–Crippen LogP) is -0.910. The van der Waals surface area contributed by atoms with Gasteiger partial charge in [-0.05, 0) is 5.56 Å². The Balaban J connectivity index is 1.73. The van der Waals surface area contributed by atoms with Gasteiger partial charge in [0.2, 0.25) is 0 Å². The lowest BCUT2D eigenvalue weighted by molar-refractivity contribution is -0.0228. The highest BCUT2D eigenvalue weighted by atomic mass is 31.3. The fourth-order valence-electron chi connectivity index (χ4n) is 3.24. The zero-order valence-electron chi connectivity index (χ0n) is 17.8. The van der Waals surface area contributed by atoms with Gasteiger partial charge in [0.1, 0.15) is 24.4 Å². The fraction of sp³-hybridized carbons (Fsp3) is 0.375. The topological polar surface area (TPSA) is 264 Å². The van der Waals surface area contributed by atoms with Gasteiger partial charge in [0.15, 0.2) is 0 Å². The summed E-state index contributed by atoms with van der Waals surface area (Å²) in [5.74, 6) is 0. The highest BCUT2D eigenvalue weighted by Crippen LogP contribution is 2.66. The molecule has 0 aliphatic carbocycles. The molecular weight excluding hydrogens is 553 g/mol. The number of benzene rings is 1. The van der Waals surface area contributed by atoms with E-state index in [4.69, 9.17) is 19.4 Å². The number of rotatable bonds is 10. The van der Waals surface area contributed by atoms with Gasteiger partial charge in [-0.25, -0.2) is 18.5 Å². The van der Waals surface area contributed by atoms with Crippen molar-refractivity contribution in [3.05, 3.63) is 68.5 Å². The minimum Gasteiger partial charge on any atom is -0.387 e. The largest absolute Gasteiger partial charge is 0.490 e. The maximum absolute atomic E-state index is 12.4. The second-order valence-electron chi connectivity index (χ2n) is 7.42. The molecule has 0 bridgehead atoms. The first-order valence-electron chi connectivity index (χ1n) is 9.74. The first-order chi connectivity index (χ1) is 16.6. The van der Waals surface area contributed by atoms with Crippen LogP contribution in [0.1, 0.15) is 17.2 Å². The molecular formula is C16H21N2O15P3. The van der Waals surface area contributed by atoms with Gasteiger partial charge < -0.3 is 34.5 Å².